The molecule has 1 unspecified atom stereocenters. The summed E-state index contributed by atoms with van der Waals surface area (Å²) in [5, 5.41) is 3.26. The fraction of sp³-hybridized carbons (Fsp3) is 0.900. The predicted molar refractivity (Wildman–Crippen MR) is 61.9 cm³/mol. The molecule has 0 aromatic heterocycles. The summed E-state index contributed by atoms with van der Waals surface area (Å²) in [6.45, 7) is 6.06. The minimum atomic E-state index is -0.390. The fourth-order valence-electron chi connectivity index (χ4n) is 1.98. The van der Waals surface area contributed by atoms with Crippen molar-refractivity contribution in [2.75, 3.05) is 39.5 Å². The maximum Gasteiger partial charge on any atom is 0.254 e. The maximum atomic E-state index is 12.1. The van der Waals surface area contributed by atoms with Gasteiger partial charge in [-0.3, -0.25) is 4.79 Å². The van der Waals surface area contributed by atoms with Crippen molar-refractivity contribution in [3.05, 3.63) is 0 Å². The van der Waals surface area contributed by atoms with Crippen molar-refractivity contribution in [2.45, 2.75) is 19.1 Å². The Morgan fingerprint density at radius 1 is 1.44 bits per heavy atom. The van der Waals surface area contributed by atoms with E-state index in [2.05, 4.69) is 5.32 Å². The number of nitrogens with zero attached hydrogens (tertiary/aromatic N) is 1. The van der Waals surface area contributed by atoms with E-state index >= 15 is 0 Å². The van der Waals surface area contributed by atoms with Crippen LogP contribution in [-0.2, 0) is 14.3 Å². The SMILES string of the molecule is C[C@H]1CNCCN1C(=O)C1COCCO1.Cl. The van der Waals surface area contributed by atoms with Gasteiger partial charge in [-0.25, -0.2) is 0 Å². The van der Waals surface area contributed by atoms with Gasteiger partial charge in [-0.05, 0) is 6.92 Å². The second-order valence-electron chi connectivity index (χ2n) is 4.02. The molecule has 1 N–H and O–H groups in total. The molecule has 6 heteroatoms. The number of ether oxygens (including phenoxy) is 2. The molecule has 0 spiro atoms. The lowest BCUT2D eigenvalue weighted by molar-refractivity contribution is -0.160. The second-order valence-corrected chi connectivity index (χ2v) is 4.02. The van der Waals surface area contributed by atoms with E-state index < -0.39 is 0 Å². The number of hydrogen-bond acceptors (Lipinski definition) is 4. The molecule has 2 fully saturated rings. The monoisotopic (exact) mass is 250 g/mol. The fourth-order valence-corrected chi connectivity index (χ4v) is 1.98. The third kappa shape index (κ3) is 3.07. The van der Waals surface area contributed by atoms with Crippen LogP contribution in [0.4, 0.5) is 0 Å². The van der Waals surface area contributed by atoms with Crippen LogP contribution in [0.15, 0.2) is 0 Å². The molecular weight excluding hydrogens is 232 g/mol. The molecule has 2 heterocycles. The first-order chi connectivity index (χ1) is 7.29. The van der Waals surface area contributed by atoms with Crippen molar-refractivity contribution in [1.29, 1.82) is 0 Å². The van der Waals surface area contributed by atoms with Gasteiger partial charge in [0.05, 0.1) is 19.8 Å². The molecule has 2 rings (SSSR count). The molecule has 2 atom stereocenters. The van der Waals surface area contributed by atoms with E-state index in [1.165, 1.54) is 0 Å². The summed E-state index contributed by atoms with van der Waals surface area (Å²) in [5.41, 5.74) is 0. The quantitative estimate of drug-likeness (QED) is 0.691. The van der Waals surface area contributed by atoms with E-state index in [9.17, 15) is 4.79 Å². The van der Waals surface area contributed by atoms with Gasteiger partial charge in [0.25, 0.3) is 5.91 Å². The summed E-state index contributed by atoms with van der Waals surface area (Å²) in [5.74, 6) is 0.0729. The average molecular weight is 251 g/mol. The zero-order chi connectivity index (χ0) is 10.7. The summed E-state index contributed by atoms with van der Waals surface area (Å²) in [6.07, 6.45) is -0.390. The van der Waals surface area contributed by atoms with E-state index in [0.29, 0.717) is 19.8 Å². The number of hydrogen-bond donors (Lipinski definition) is 1. The van der Waals surface area contributed by atoms with Gasteiger partial charge in [0.15, 0.2) is 6.10 Å². The molecule has 2 aliphatic heterocycles. The topological polar surface area (TPSA) is 50.8 Å². The number of rotatable bonds is 1. The van der Waals surface area contributed by atoms with E-state index in [1.54, 1.807) is 0 Å². The molecule has 2 aliphatic rings. The van der Waals surface area contributed by atoms with Gasteiger partial charge in [0.1, 0.15) is 0 Å². The third-order valence-corrected chi connectivity index (χ3v) is 2.88. The summed E-state index contributed by atoms with van der Waals surface area (Å²) >= 11 is 0. The molecule has 5 nitrogen and oxygen atoms in total. The number of carbonyl (C=O) groups excluding carboxylic acids is 1. The van der Waals surface area contributed by atoms with Gasteiger partial charge in [-0.2, -0.15) is 0 Å². The number of halogens is 1. The van der Waals surface area contributed by atoms with Crippen molar-refractivity contribution >= 4 is 18.3 Å². The maximum absolute atomic E-state index is 12.1. The van der Waals surface area contributed by atoms with E-state index in [1.807, 2.05) is 11.8 Å². The highest BCUT2D eigenvalue weighted by molar-refractivity contribution is 5.85. The van der Waals surface area contributed by atoms with Crippen molar-refractivity contribution < 1.29 is 14.3 Å². The standard InChI is InChI=1S/C10H18N2O3.ClH/c1-8-6-11-2-3-12(8)10(13)9-7-14-4-5-15-9;/h8-9,11H,2-7H2,1H3;1H/t8-,9?;/m0./s1. The lowest BCUT2D eigenvalue weighted by Crippen LogP contribution is -2.56. The van der Waals surface area contributed by atoms with E-state index in [0.717, 1.165) is 19.6 Å². The Hall–Kier alpha value is -0.360. The second kappa shape index (κ2) is 6.39. The minimum Gasteiger partial charge on any atom is -0.376 e. The molecular formula is C10H19ClN2O3. The lowest BCUT2D eigenvalue weighted by atomic mass is 10.2. The predicted octanol–water partition coefficient (Wildman–Crippen LogP) is -0.356. The summed E-state index contributed by atoms with van der Waals surface area (Å²) in [7, 11) is 0. The zero-order valence-electron chi connectivity index (χ0n) is 9.48. The number of amides is 1. The van der Waals surface area contributed by atoms with Gasteiger partial charge >= 0.3 is 0 Å². The van der Waals surface area contributed by atoms with Crippen molar-refractivity contribution in [3.8, 4) is 0 Å². The van der Waals surface area contributed by atoms with Gasteiger partial charge in [0, 0.05) is 25.7 Å². The molecule has 0 aromatic rings. The van der Waals surface area contributed by atoms with Crippen LogP contribution in [0.25, 0.3) is 0 Å². The molecule has 1 amide bonds. The summed E-state index contributed by atoms with van der Waals surface area (Å²) in [6, 6.07) is 0.247. The van der Waals surface area contributed by atoms with Crippen molar-refractivity contribution in [2.24, 2.45) is 0 Å². The Kier molecular flexibility index (Phi) is 5.48. The minimum absolute atomic E-state index is 0. The van der Waals surface area contributed by atoms with Crippen molar-refractivity contribution in [1.82, 2.24) is 10.2 Å². The smallest absolute Gasteiger partial charge is 0.254 e. The first-order valence-corrected chi connectivity index (χ1v) is 5.49. The molecule has 0 radical (unpaired) electrons. The van der Waals surface area contributed by atoms with Gasteiger partial charge < -0.3 is 19.7 Å². The number of carbonyl (C=O) groups is 1. The Morgan fingerprint density at radius 3 is 2.88 bits per heavy atom. The van der Waals surface area contributed by atoms with Gasteiger partial charge in [0.2, 0.25) is 0 Å². The summed E-state index contributed by atoms with van der Waals surface area (Å²) in [4.78, 5) is 13.9. The van der Waals surface area contributed by atoms with Crippen molar-refractivity contribution in [3.63, 3.8) is 0 Å². The zero-order valence-corrected chi connectivity index (χ0v) is 10.3. The molecule has 2 saturated heterocycles. The Bertz CT molecular complexity index is 234. The first kappa shape index (κ1) is 13.7. The number of piperazine rings is 1. The Labute approximate surface area is 102 Å². The average Bonchev–Trinajstić information content (AvgIpc) is 2.30. The highest BCUT2D eigenvalue weighted by Crippen LogP contribution is 2.10. The largest absolute Gasteiger partial charge is 0.376 e. The molecule has 0 bridgehead atoms. The van der Waals surface area contributed by atoms with Crippen LogP contribution in [-0.4, -0.2) is 62.4 Å². The van der Waals surface area contributed by atoms with Crippen LogP contribution in [0.5, 0.6) is 0 Å². The first-order valence-electron chi connectivity index (χ1n) is 5.49. The van der Waals surface area contributed by atoms with E-state index in [-0.39, 0.29) is 30.5 Å². The highest BCUT2D eigenvalue weighted by Gasteiger charge is 2.31. The van der Waals surface area contributed by atoms with E-state index in [4.69, 9.17) is 9.47 Å². The molecule has 0 aliphatic carbocycles. The third-order valence-electron chi connectivity index (χ3n) is 2.88. The molecule has 16 heavy (non-hydrogen) atoms. The molecule has 0 saturated carbocycles. The van der Waals surface area contributed by atoms with Crippen LogP contribution in [0.3, 0.4) is 0 Å². The van der Waals surface area contributed by atoms with Crippen LogP contribution >= 0.6 is 12.4 Å². The molecule has 0 aromatic carbocycles. The van der Waals surface area contributed by atoms with Crippen LogP contribution in [0, 0.1) is 0 Å². The Balaban J connectivity index is 0.00000128. The van der Waals surface area contributed by atoms with Crippen LogP contribution in [0.2, 0.25) is 0 Å². The number of nitrogens with one attached hydrogen (secondary N) is 1. The van der Waals surface area contributed by atoms with Gasteiger partial charge in [-0.15, -0.1) is 12.4 Å². The van der Waals surface area contributed by atoms with Crippen LogP contribution < -0.4 is 5.32 Å². The van der Waals surface area contributed by atoms with Gasteiger partial charge in [-0.1, -0.05) is 0 Å². The normalized spacial score (nSPS) is 30.7. The summed E-state index contributed by atoms with van der Waals surface area (Å²) < 4.78 is 10.6. The molecule has 94 valence electrons. The lowest BCUT2D eigenvalue weighted by Gasteiger charge is -2.36. The highest BCUT2D eigenvalue weighted by atomic mass is 35.5. The Morgan fingerprint density at radius 2 is 2.25 bits per heavy atom. The van der Waals surface area contributed by atoms with Crippen LogP contribution in [0.1, 0.15) is 6.92 Å².